The Morgan fingerprint density at radius 2 is 1.77 bits per heavy atom. The molecule has 9 nitrogen and oxygen atoms in total. The summed E-state index contributed by atoms with van der Waals surface area (Å²) in [6, 6.07) is 1.89. The molecule has 216 valence electrons. The number of phenolic OH excluding ortho intramolecular Hbond substituents is 1. The molecule has 5 rings (SSSR count). The Balaban J connectivity index is 1.51. The SMILES string of the molecule is CC(=O)C1=C(O)C[C@@H]2C[C@@H]3Cc4c(N(C)C)cc(CNCC5CCC(C)CC5)c(O)c4C(=O)C3=C(O)[C@]2(O)C1=O. The molecule has 1 aromatic rings. The molecule has 0 amide bonds. The Kier molecular flexibility index (Phi) is 7.33. The van der Waals surface area contributed by atoms with Gasteiger partial charge in [-0.15, -0.1) is 0 Å². The van der Waals surface area contributed by atoms with Crippen LogP contribution in [-0.2, 0) is 22.6 Å². The van der Waals surface area contributed by atoms with Gasteiger partial charge in [0.05, 0.1) is 5.56 Å². The quantitative estimate of drug-likeness (QED) is 0.334. The van der Waals surface area contributed by atoms with E-state index in [9.17, 15) is 34.8 Å². The van der Waals surface area contributed by atoms with Gasteiger partial charge in [-0.3, -0.25) is 14.4 Å². The highest BCUT2D eigenvalue weighted by Gasteiger charge is 2.59. The first-order chi connectivity index (χ1) is 18.9. The summed E-state index contributed by atoms with van der Waals surface area (Å²) in [5.41, 5.74) is -1.07. The molecule has 40 heavy (non-hydrogen) atoms. The predicted octanol–water partition coefficient (Wildman–Crippen LogP) is 3.67. The van der Waals surface area contributed by atoms with Crippen molar-refractivity contribution in [1.29, 1.82) is 0 Å². The molecule has 0 unspecified atom stereocenters. The number of rotatable bonds is 6. The monoisotopic (exact) mass is 552 g/mol. The van der Waals surface area contributed by atoms with Crippen LogP contribution in [0.2, 0.25) is 0 Å². The van der Waals surface area contributed by atoms with Crippen molar-refractivity contribution in [2.45, 2.75) is 70.9 Å². The molecule has 0 spiro atoms. The Hall–Kier alpha value is -3.17. The average Bonchev–Trinajstić information content (AvgIpc) is 2.88. The summed E-state index contributed by atoms with van der Waals surface area (Å²) in [6.45, 7) is 4.57. The summed E-state index contributed by atoms with van der Waals surface area (Å²) in [6.07, 6.45) is 5.06. The van der Waals surface area contributed by atoms with Crippen LogP contribution in [0.15, 0.2) is 28.7 Å². The van der Waals surface area contributed by atoms with Crippen LogP contribution >= 0.6 is 0 Å². The number of aromatic hydroxyl groups is 1. The highest BCUT2D eigenvalue weighted by atomic mass is 16.3. The van der Waals surface area contributed by atoms with Crippen LogP contribution in [0, 0.1) is 23.7 Å². The fourth-order valence-corrected chi connectivity index (χ4v) is 7.31. The third-order valence-corrected chi connectivity index (χ3v) is 9.59. The van der Waals surface area contributed by atoms with Gasteiger partial charge < -0.3 is 30.6 Å². The van der Waals surface area contributed by atoms with E-state index >= 15 is 0 Å². The number of hydrogen-bond donors (Lipinski definition) is 5. The largest absolute Gasteiger partial charge is 0.511 e. The van der Waals surface area contributed by atoms with Gasteiger partial charge in [0.15, 0.2) is 17.2 Å². The molecule has 0 aromatic heterocycles. The van der Waals surface area contributed by atoms with Crippen molar-refractivity contribution >= 4 is 23.0 Å². The van der Waals surface area contributed by atoms with Crippen molar-refractivity contribution in [2.24, 2.45) is 23.7 Å². The highest BCUT2D eigenvalue weighted by Crippen LogP contribution is 2.52. The molecular weight excluding hydrogens is 512 g/mol. The lowest BCUT2D eigenvalue weighted by molar-refractivity contribution is -0.144. The number of aliphatic hydroxyl groups is 3. The van der Waals surface area contributed by atoms with Crippen LogP contribution in [0.5, 0.6) is 5.75 Å². The Morgan fingerprint density at radius 3 is 2.40 bits per heavy atom. The van der Waals surface area contributed by atoms with E-state index in [-0.39, 0.29) is 29.7 Å². The molecular formula is C31H40N2O7. The Labute approximate surface area is 234 Å². The first-order valence-electron chi connectivity index (χ1n) is 14.3. The molecule has 0 saturated heterocycles. The van der Waals surface area contributed by atoms with Crippen LogP contribution in [-0.4, -0.2) is 64.0 Å². The number of nitrogens with zero attached hydrogens (tertiary/aromatic N) is 1. The minimum absolute atomic E-state index is 0.0720. The maximum atomic E-state index is 14.0. The molecule has 3 atom stereocenters. The zero-order chi connectivity index (χ0) is 29.1. The standard InChI is InChI=1S/C31H40N2O7/c1-15-5-7-17(8-6-15)13-32-14-19-11-22(33(3)4)21-10-18-9-20-12-23(35)24(16(2)34)29(38)31(20,40)30(39)25(18)28(37)26(21)27(19)36/h11,15,17-18,20,32,35-36,39-40H,5-10,12-14H2,1-4H3/t15?,17?,18-,20+,31-/m1/s1. The summed E-state index contributed by atoms with van der Waals surface area (Å²) >= 11 is 0. The number of phenols is 1. The van der Waals surface area contributed by atoms with Gasteiger partial charge in [-0.1, -0.05) is 19.8 Å². The van der Waals surface area contributed by atoms with E-state index < -0.39 is 51.9 Å². The molecule has 1 aromatic carbocycles. The molecule has 0 aliphatic heterocycles. The van der Waals surface area contributed by atoms with E-state index in [4.69, 9.17) is 0 Å². The Morgan fingerprint density at radius 1 is 1.10 bits per heavy atom. The molecule has 4 aliphatic carbocycles. The molecule has 1 saturated carbocycles. The predicted molar refractivity (Wildman–Crippen MR) is 149 cm³/mol. The van der Waals surface area contributed by atoms with E-state index in [1.54, 1.807) is 0 Å². The number of fused-ring (bicyclic) bond motifs is 3. The number of benzene rings is 1. The molecule has 4 aliphatic rings. The molecule has 0 bridgehead atoms. The fraction of sp³-hybridized carbons (Fsp3) is 0.581. The van der Waals surface area contributed by atoms with Crippen molar-refractivity contribution in [3.05, 3.63) is 45.4 Å². The number of ketones is 3. The number of anilines is 1. The normalized spacial score (nSPS) is 30.1. The second kappa shape index (κ2) is 10.3. The van der Waals surface area contributed by atoms with Gasteiger partial charge >= 0.3 is 0 Å². The van der Waals surface area contributed by atoms with E-state index in [1.807, 2.05) is 25.1 Å². The summed E-state index contributed by atoms with van der Waals surface area (Å²) in [7, 11) is 3.73. The maximum Gasteiger partial charge on any atom is 0.209 e. The lowest BCUT2D eigenvalue weighted by Gasteiger charge is -2.46. The van der Waals surface area contributed by atoms with Crippen LogP contribution in [0.1, 0.15) is 73.9 Å². The molecule has 9 heteroatoms. The van der Waals surface area contributed by atoms with Gasteiger partial charge in [0.1, 0.15) is 22.8 Å². The molecule has 5 N–H and O–H groups in total. The van der Waals surface area contributed by atoms with E-state index in [1.165, 1.54) is 25.7 Å². The van der Waals surface area contributed by atoms with Crippen molar-refractivity contribution in [2.75, 3.05) is 25.5 Å². The molecule has 1 fully saturated rings. The maximum absolute atomic E-state index is 14.0. The average molecular weight is 553 g/mol. The van der Waals surface area contributed by atoms with Gasteiger partial charge in [0, 0.05) is 49.8 Å². The second-order valence-electron chi connectivity index (χ2n) is 12.5. The zero-order valence-corrected chi connectivity index (χ0v) is 23.7. The third-order valence-electron chi connectivity index (χ3n) is 9.59. The third kappa shape index (κ3) is 4.43. The van der Waals surface area contributed by atoms with E-state index in [2.05, 4.69) is 12.2 Å². The number of Topliss-reactive ketones (excluding diaryl/α,β-unsaturated/α-hetero) is 3. The van der Waals surface area contributed by atoms with Crippen LogP contribution in [0.4, 0.5) is 5.69 Å². The number of carbonyl (C=O) groups is 3. The number of hydrogen-bond acceptors (Lipinski definition) is 9. The second-order valence-corrected chi connectivity index (χ2v) is 12.5. The van der Waals surface area contributed by atoms with Crippen molar-refractivity contribution in [3.8, 4) is 5.75 Å². The lowest BCUT2D eigenvalue weighted by Crippen LogP contribution is -2.56. The van der Waals surface area contributed by atoms with E-state index in [0.717, 1.165) is 25.1 Å². The number of nitrogens with one attached hydrogen (secondary N) is 1. The minimum Gasteiger partial charge on any atom is -0.511 e. The summed E-state index contributed by atoms with van der Waals surface area (Å²) < 4.78 is 0. The molecule has 0 heterocycles. The van der Waals surface area contributed by atoms with Crippen molar-refractivity contribution in [1.82, 2.24) is 5.32 Å². The van der Waals surface area contributed by atoms with Gasteiger partial charge in [-0.05, 0) is 68.5 Å². The van der Waals surface area contributed by atoms with Crippen molar-refractivity contribution in [3.63, 3.8) is 0 Å². The number of allylic oxidation sites excluding steroid dienone is 2. The zero-order valence-electron chi connectivity index (χ0n) is 23.7. The highest BCUT2D eigenvalue weighted by molar-refractivity contribution is 6.25. The van der Waals surface area contributed by atoms with Crippen LogP contribution in [0.3, 0.4) is 0 Å². The van der Waals surface area contributed by atoms with Gasteiger partial charge in [-0.25, -0.2) is 0 Å². The first-order valence-corrected chi connectivity index (χ1v) is 14.3. The van der Waals surface area contributed by atoms with Crippen molar-refractivity contribution < 1.29 is 34.8 Å². The van der Waals surface area contributed by atoms with Gasteiger partial charge in [0.2, 0.25) is 5.78 Å². The summed E-state index contributed by atoms with van der Waals surface area (Å²) in [5.74, 6) is -3.88. The van der Waals surface area contributed by atoms with Crippen LogP contribution < -0.4 is 10.2 Å². The van der Waals surface area contributed by atoms with E-state index in [0.29, 0.717) is 30.0 Å². The Bertz CT molecular complexity index is 1340. The topological polar surface area (TPSA) is 147 Å². The fourth-order valence-electron chi connectivity index (χ4n) is 7.31. The summed E-state index contributed by atoms with van der Waals surface area (Å²) in [5, 5.41) is 48.1. The smallest absolute Gasteiger partial charge is 0.209 e. The number of carbonyl (C=O) groups excluding carboxylic acids is 3. The molecule has 0 radical (unpaired) electrons. The first kappa shape index (κ1) is 28.4. The van der Waals surface area contributed by atoms with Gasteiger partial charge in [0.25, 0.3) is 0 Å². The summed E-state index contributed by atoms with van der Waals surface area (Å²) in [4.78, 5) is 41.2. The minimum atomic E-state index is -2.48. The lowest BCUT2D eigenvalue weighted by atomic mass is 9.60. The van der Waals surface area contributed by atoms with Crippen LogP contribution in [0.25, 0.3) is 0 Å². The van der Waals surface area contributed by atoms with Gasteiger partial charge in [-0.2, -0.15) is 0 Å². The number of aliphatic hydroxyl groups excluding tert-OH is 2.